The monoisotopic (exact) mass is 191 g/mol. The molecule has 2 nitrogen and oxygen atoms in total. The molecular formula is C12H17NO. The molecule has 14 heavy (non-hydrogen) atoms. The molecule has 0 atom stereocenters. The molecular weight excluding hydrogens is 174 g/mol. The Kier molecular flexibility index (Phi) is 3.69. The minimum Gasteiger partial charge on any atom is -0.322 e. The number of hydrogen-bond donors (Lipinski definition) is 1. The van der Waals surface area contributed by atoms with E-state index in [1.54, 1.807) is 6.07 Å². The van der Waals surface area contributed by atoms with Gasteiger partial charge >= 0.3 is 0 Å². The summed E-state index contributed by atoms with van der Waals surface area (Å²) in [6, 6.07) is 3.48. The van der Waals surface area contributed by atoms with Crippen molar-refractivity contribution < 1.29 is 0 Å². The van der Waals surface area contributed by atoms with E-state index in [-0.39, 0.29) is 5.56 Å². The van der Waals surface area contributed by atoms with Crippen LogP contribution in [0.25, 0.3) is 6.08 Å². The van der Waals surface area contributed by atoms with Gasteiger partial charge in [-0.2, -0.15) is 0 Å². The number of nitrogens with one attached hydrogen (secondary N) is 1. The van der Waals surface area contributed by atoms with Crippen LogP contribution >= 0.6 is 0 Å². The van der Waals surface area contributed by atoms with Gasteiger partial charge in [-0.15, -0.1) is 0 Å². The summed E-state index contributed by atoms with van der Waals surface area (Å²) in [5.41, 5.74) is 3.40. The lowest BCUT2D eigenvalue weighted by atomic mass is 10.1. The number of H-pyrrole nitrogens is 1. The topological polar surface area (TPSA) is 32.9 Å². The maximum atomic E-state index is 11.1. The van der Waals surface area contributed by atoms with Crippen molar-refractivity contribution in [3.63, 3.8) is 0 Å². The molecule has 2 heteroatoms. The predicted molar refractivity (Wildman–Crippen MR) is 60.4 cm³/mol. The molecule has 0 saturated heterocycles. The van der Waals surface area contributed by atoms with Gasteiger partial charge in [0, 0.05) is 11.8 Å². The van der Waals surface area contributed by atoms with Crippen molar-refractivity contribution in [1.82, 2.24) is 4.98 Å². The number of aromatic amines is 1. The zero-order chi connectivity index (χ0) is 10.6. The van der Waals surface area contributed by atoms with Gasteiger partial charge in [-0.1, -0.05) is 25.5 Å². The second-order valence-corrected chi connectivity index (χ2v) is 3.46. The molecule has 0 aliphatic rings. The molecule has 0 radical (unpaired) electrons. The molecule has 0 bridgehead atoms. The second kappa shape index (κ2) is 4.80. The van der Waals surface area contributed by atoms with Crippen LogP contribution in [0.15, 0.2) is 22.5 Å². The Labute approximate surface area is 84.7 Å². The van der Waals surface area contributed by atoms with Gasteiger partial charge in [0.25, 0.3) is 0 Å². The highest BCUT2D eigenvalue weighted by atomic mass is 16.1. The number of aromatic nitrogens is 1. The quantitative estimate of drug-likeness (QED) is 0.783. The molecule has 76 valence electrons. The van der Waals surface area contributed by atoms with Crippen LogP contribution in [0.3, 0.4) is 0 Å². The molecule has 0 fully saturated rings. The van der Waals surface area contributed by atoms with E-state index in [1.165, 1.54) is 11.1 Å². The van der Waals surface area contributed by atoms with Crippen molar-refractivity contribution in [3.8, 4) is 0 Å². The molecule has 0 unspecified atom stereocenters. The van der Waals surface area contributed by atoms with Crippen LogP contribution in [-0.2, 0) is 6.42 Å². The zero-order valence-corrected chi connectivity index (χ0v) is 9.05. The van der Waals surface area contributed by atoms with Gasteiger partial charge in [-0.05, 0) is 31.4 Å². The Balaban J connectivity index is 3.17. The van der Waals surface area contributed by atoms with E-state index in [0.29, 0.717) is 0 Å². The summed E-state index contributed by atoms with van der Waals surface area (Å²) in [6.45, 7) is 6.27. The van der Waals surface area contributed by atoms with Crippen molar-refractivity contribution >= 4 is 6.08 Å². The maximum absolute atomic E-state index is 11.1. The Bertz CT molecular complexity index is 388. The smallest absolute Gasteiger partial charge is 0.248 e. The highest BCUT2D eigenvalue weighted by molar-refractivity contribution is 5.52. The Hall–Kier alpha value is -1.31. The SMILES string of the molecule is CC/C(C)=C\c1[nH]c(=O)ccc1CC. The first-order chi connectivity index (χ1) is 6.67. The van der Waals surface area contributed by atoms with Gasteiger partial charge in [0.15, 0.2) is 0 Å². The number of pyridine rings is 1. The molecule has 1 N–H and O–H groups in total. The number of hydrogen-bond acceptors (Lipinski definition) is 1. The van der Waals surface area contributed by atoms with Crippen molar-refractivity contribution in [2.24, 2.45) is 0 Å². The molecule has 0 aliphatic carbocycles. The first kappa shape index (κ1) is 10.8. The van der Waals surface area contributed by atoms with E-state index in [2.05, 4.69) is 31.8 Å². The summed E-state index contributed by atoms with van der Waals surface area (Å²) in [4.78, 5) is 14.0. The van der Waals surface area contributed by atoms with Gasteiger partial charge < -0.3 is 4.98 Å². The molecule has 0 aromatic carbocycles. The van der Waals surface area contributed by atoms with Crippen molar-refractivity contribution in [1.29, 1.82) is 0 Å². The lowest BCUT2D eigenvalue weighted by Gasteiger charge is -2.03. The van der Waals surface area contributed by atoms with Crippen LogP contribution in [0.1, 0.15) is 38.4 Å². The van der Waals surface area contributed by atoms with E-state index in [9.17, 15) is 4.79 Å². The minimum atomic E-state index is -0.0302. The third kappa shape index (κ3) is 2.59. The first-order valence-corrected chi connectivity index (χ1v) is 5.06. The number of aryl methyl sites for hydroxylation is 1. The molecule has 1 aromatic rings. The second-order valence-electron chi connectivity index (χ2n) is 3.46. The largest absolute Gasteiger partial charge is 0.322 e. The summed E-state index contributed by atoms with van der Waals surface area (Å²) in [7, 11) is 0. The van der Waals surface area contributed by atoms with Gasteiger partial charge in [-0.3, -0.25) is 4.79 Å². The zero-order valence-electron chi connectivity index (χ0n) is 9.05. The van der Waals surface area contributed by atoms with Gasteiger partial charge in [0.05, 0.1) is 0 Å². The van der Waals surface area contributed by atoms with E-state index in [4.69, 9.17) is 0 Å². The Morgan fingerprint density at radius 2 is 2.14 bits per heavy atom. The Morgan fingerprint density at radius 1 is 1.43 bits per heavy atom. The lowest BCUT2D eigenvalue weighted by molar-refractivity contribution is 1.06. The highest BCUT2D eigenvalue weighted by Crippen LogP contribution is 2.10. The standard InChI is InChI=1S/C12H17NO/c1-4-9(3)8-11-10(5-2)6-7-12(14)13-11/h6-8H,4-5H2,1-3H3,(H,13,14)/b9-8-. The van der Waals surface area contributed by atoms with E-state index in [1.807, 2.05) is 6.07 Å². The maximum Gasteiger partial charge on any atom is 0.248 e. The van der Waals surface area contributed by atoms with Crippen LogP contribution in [0.5, 0.6) is 0 Å². The summed E-state index contributed by atoms with van der Waals surface area (Å²) in [6.07, 6.45) is 4.01. The van der Waals surface area contributed by atoms with E-state index < -0.39 is 0 Å². The van der Waals surface area contributed by atoms with Gasteiger partial charge in [-0.25, -0.2) is 0 Å². The fraction of sp³-hybridized carbons (Fsp3) is 0.417. The van der Waals surface area contributed by atoms with Crippen molar-refractivity contribution in [3.05, 3.63) is 39.3 Å². The average molecular weight is 191 g/mol. The minimum absolute atomic E-state index is 0.0302. The summed E-state index contributed by atoms with van der Waals surface area (Å²) >= 11 is 0. The lowest BCUT2D eigenvalue weighted by Crippen LogP contribution is -2.07. The molecule has 0 aliphatic heterocycles. The van der Waals surface area contributed by atoms with E-state index >= 15 is 0 Å². The van der Waals surface area contributed by atoms with Gasteiger partial charge in [0.2, 0.25) is 5.56 Å². The van der Waals surface area contributed by atoms with Crippen molar-refractivity contribution in [2.75, 3.05) is 0 Å². The predicted octanol–water partition coefficient (Wildman–Crippen LogP) is 2.75. The normalized spacial score (nSPS) is 11.8. The van der Waals surface area contributed by atoms with Crippen LogP contribution in [0.4, 0.5) is 0 Å². The molecule has 0 spiro atoms. The van der Waals surface area contributed by atoms with Crippen LogP contribution in [0, 0.1) is 0 Å². The summed E-state index contributed by atoms with van der Waals surface area (Å²) in [5, 5.41) is 0. The van der Waals surface area contributed by atoms with Crippen LogP contribution in [0.2, 0.25) is 0 Å². The molecule has 1 rings (SSSR count). The van der Waals surface area contributed by atoms with E-state index in [0.717, 1.165) is 18.5 Å². The molecule has 0 amide bonds. The summed E-state index contributed by atoms with van der Waals surface area (Å²) < 4.78 is 0. The summed E-state index contributed by atoms with van der Waals surface area (Å²) in [5.74, 6) is 0. The molecule has 1 heterocycles. The van der Waals surface area contributed by atoms with Crippen LogP contribution < -0.4 is 5.56 Å². The number of allylic oxidation sites excluding steroid dienone is 1. The third-order valence-electron chi connectivity index (χ3n) is 2.37. The molecule has 1 aromatic heterocycles. The van der Waals surface area contributed by atoms with Gasteiger partial charge in [0.1, 0.15) is 0 Å². The first-order valence-electron chi connectivity index (χ1n) is 5.06. The number of rotatable bonds is 3. The third-order valence-corrected chi connectivity index (χ3v) is 2.37. The average Bonchev–Trinajstić information content (AvgIpc) is 2.18. The highest BCUT2D eigenvalue weighted by Gasteiger charge is 1.98. The fourth-order valence-electron chi connectivity index (χ4n) is 1.31. The molecule has 0 saturated carbocycles. The van der Waals surface area contributed by atoms with Crippen molar-refractivity contribution in [2.45, 2.75) is 33.6 Å². The fourth-order valence-corrected chi connectivity index (χ4v) is 1.31. The Morgan fingerprint density at radius 3 is 2.71 bits per heavy atom. The van der Waals surface area contributed by atoms with Crippen LogP contribution in [-0.4, -0.2) is 4.98 Å².